The molecule has 132 heavy (non-hydrogen) atoms. The van der Waals surface area contributed by atoms with Gasteiger partial charge in [-0.2, -0.15) is 10.5 Å². The van der Waals surface area contributed by atoms with Gasteiger partial charge in [0.25, 0.3) is 0 Å². The Bertz CT molecular complexity index is 6250. The lowest BCUT2D eigenvalue weighted by Gasteiger charge is -2.29. The second-order valence-electron chi connectivity index (χ2n) is 41.6. The van der Waals surface area contributed by atoms with E-state index >= 15 is 0 Å². The number of nitrogens with zero attached hydrogens (tertiary/aromatic N) is 6. The molecule has 14 aromatic rings. The van der Waals surface area contributed by atoms with Crippen LogP contribution in [0, 0.1) is 70.0 Å². The molecule has 4 aromatic heterocycles. The van der Waals surface area contributed by atoms with Gasteiger partial charge in [0.05, 0.1) is 78.5 Å². The van der Waals surface area contributed by atoms with Crippen molar-refractivity contribution in [3.8, 4) is 46.0 Å². The average molecular weight is 1730 g/mol. The average Bonchev–Trinajstić information content (AvgIpc) is 1.45. The lowest BCUT2D eigenvalue weighted by molar-refractivity contribution is 0.420. The third-order valence-electron chi connectivity index (χ3n) is 32.6. The van der Waals surface area contributed by atoms with Crippen molar-refractivity contribution in [3.05, 3.63) is 274 Å². The predicted molar refractivity (Wildman–Crippen MR) is 564 cm³/mol. The maximum absolute atomic E-state index is 14.3. The van der Waals surface area contributed by atoms with E-state index < -0.39 is 0 Å². The van der Waals surface area contributed by atoms with Crippen LogP contribution in [0.4, 0.5) is 0 Å². The number of fused-ring (bicyclic) bond motifs is 12. The first-order chi connectivity index (χ1) is 65.3. The quantitative estimate of drug-likeness (QED) is 0.0719. The van der Waals surface area contributed by atoms with Gasteiger partial charge in [0.1, 0.15) is 11.6 Å². The molecule has 0 radical (unpaired) electrons. The second-order valence-corrected chi connectivity index (χ2v) is 41.6. The van der Waals surface area contributed by atoms with Crippen molar-refractivity contribution in [1.82, 2.24) is 18.3 Å². The Balaban J connectivity index is 0.926. The number of hydrogen-bond acceptors (Lipinski definition) is 2. The van der Waals surface area contributed by atoms with Crippen LogP contribution >= 0.6 is 0 Å². The summed E-state index contributed by atoms with van der Waals surface area (Å²) in [6, 6.07) is 73.0. The van der Waals surface area contributed by atoms with Crippen molar-refractivity contribution in [3.63, 3.8) is 0 Å². The fourth-order valence-electron chi connectivity index (χ4n) is 25.3. The van der Waals surface area contributed by atoms with Crippen molar-refractivity contribution >= 4 is 136 Å². The summed E-state index contributed by atoms with van der Waals surface area (Å²) >= 11 is 0. The van der Waals surface area contributed by atoms with Crippen LogP contribution in [0.1, 0.15) is 312 Å². The molecule has 0 unspecified atom stereocenters. The lowest BCUT2D eigenvalue weighted by atomic mass is 9.88. The smallest absolute Gasteiger partial charge is 0.104 e. The van der Waals surface area contributed by atoms with Crippen molar-refractivity contribution in [2.24, 2.45) is 47.3 Å². The van der Waals surface area contributed by atoms with Crippen LogP contribution in [0.15, 0.2) is 218 Å². The van der Waals surface area contributed by atoms with Crippen molar-refractivity contribution in [2.75, 3.05) is 0 Å². The summed E-state index contributed by atoms with van der Waals surface area (Å²) < 4.78 is 10.4. The molecule has 6 nitrogen and oxygen atoms in total. The minimum Gasteiger partial charge on any atom is -0.306 e. The van der Waals surface area contributed by atoms with Gasteiger partial charge in [-0.1, -0.05) is 312 Å². The van der Waals surface area contributed by atoms with Crippen molar-refractivity contribution < 1.29 is 0 Å². The number of hydrogen-bond donors (Lipinski definition) is 0. The van der Waals surface area contributed by atoms with Crippen LogP contribution in [-0.4, -0.2) is 18.3 Å². The van der Waals surface area contributed by atoms with Gasteiger partial charge in [-0.3, -0.25) is 0 Å². The van der Waals surface area contributed by atoms with E-state index in [1.807, 2.05) is 0 Å². The van der Waals surface area contributed by atoms with Crippen LogP contribution in [0.5, 0.6) is 0 Å². The van der Waals surface area contributed by atoms with E-state index in [0.717, 1.165) is 99.6 Å². The molecule has 8 aliphatic carbocycles. The zero-order valence-electron chi connectivity index (χ0n) is 78.0. The topological polar surface area (TPSA) is 67.3 Å². The Morgan fingerprint density at radius 1 is 0.197 bits per heavy atom. The molecule has 8 fully saturated rings. The maximum Gasteiger partial charge on any atom is 0.104 e. The molecule has 0 bridgehead atoms. The summed E-state index contributed by atoms with van der Waals surface area (Å²) in [5, 5.41) is 34.8. The standard InChI is InChI=1S/C126H132N6/c127-85-103-57-67-104(68-58-103)122-125(131-118-73-63-99(53-45-91-33-17-5-18-34-91)81-109(118)110-82-100(64-74-119(110)131)54-46-92-35-19-6-20-36-92)123(129-114-69-59-95(49-41-87-25-9-1-10-26-87)77-105(114)106-78-96(60-70-115(106)129)50-42-88-27-11-2-12-28-88)113(86-128)124(130-116-71-61-97(51-43-89-29-13-3-14-30-89)79-107(116)108-80-98(62-72-117(108)130)52-44-90-31-15-4-16-32-90)126(122)132-120-75-65-101(55-47-93-37-21-7-22-38-93)83-111(120)112-84-102(66-76-121(112)132)56-48-94-39-23-8-24-40-94/h41-84,87-94H,1-40H2. The molecule has 10 aromatic carbocycles. The molecule has 0 saturated heterocycles. The summed E-state index contributed by atoms with van der Waals surface area (Å²) in [7, 11) is 0. The van der Waals surface area contributed by atoms with E-state index in [4.69, 9.17) is 0 Å². The molecule has 6 heteroatoms. The Morgan fingerprint density at radius 3 is 0.538 bits per heavy atom. The van der Waals surface area contributed by atoms with Gasteiger partial charge >= 0.3 is 0 Å². The normalized spacial score (nSPS) is 19.2. The minimum absolute atomic E-state index is 0.546. The van der Waals surface area contributed by atoms with E-state index in [1.165, 1.54) is 323 Å². The summed E-state index contributed by atoms with van der Waals surface area (Å²) in [6.07, 6.45) is 90.1. The van der Waals surface area contributed by atoms with Crippen LogP contribution in [0.25, 0.3) is 170 Å². The van der Waals surface area contributed by atoms with Gasteiger partial charge in [-0.05, 0) is 309 Å². The molecular weight excluding hydrogens is 1600 g/mol. The molecule has 4 heterocycles. The van der Waals surface area contributed by atoms with E-state index in [0.29, 0.717) is 58.5 Å². The largest absolute Gasteiger partial charge is 0.306 e. The summed E-state index contributed by atoms with van der Waals surface area (Å²) in [6.45, 7) is 0. The number of nitriles is 2. The highest BCUT2D eigenvalue weighted by Gasteiger charge is 2.37. The van der Waals surface area contributed by atoms with Gasteiger partial charge in [-0.15, -0.1) is 0 Å². The van der Waals surface area contributed by atoms with E-state index in [-0.39, 0.29) is 0 Å². The highest BCUT2D eigenvalue weighted by Crippen LogP contribution is 2.54. The van der Waals surface area contributed by atoms with Crippen LogP contribution in [0.3, 0.4) is 0 Å². The fraction of sp³-hybridized carbons (Fsp3) is 0.381. The van der Waals surface area contributed by atoms with Crippen LogP contribution in [0.2, 0.25) is 0 Å². The number of allylic oxidation sites excluding steroid dienone is 8. The first kappa shape index (κ1) is 85.8. The fourth-order valence-corrected chi connectivity index (χ4v) is 25.3. The lowest BCUT2D eigenvalue weighted by Crippen LogP contribution is -2.16. The third-order valence-corrected chi connectivity index (χ3v) is 32.6. The van der Waals surface area contributed by atoms with Gasteiger partial charge in [0, 0.05) is 48.7 Å². The van der Waals surface area contributed by atoms with E-state index in [9.17, 15) is 10.5 Å². The second kappa shape index (κ2) is 39.2. The van der Waals surface area contributed by atoms with Gasteiger partial charge < -0.3 is 18.3 Å². The third kappa shape index (κ3) is 17.8. The SMILES string of the molecule is N#Cc1ccc(-c2c(-n3c4ccc(C=CC5CCCCC5)cc4c4cc(C=CC5CCCCC5)ccc43)c(-n3c4ccc(C=CC5CCCCC5)cc4c4cc(C=CC5CCCCC5)ccc43)c(C#N)c(-n3c4ccc(C=CC5CCCCC5)cc4c4cc(C=CC5CCCCC5)ccc43)c2-n2c3ccc(C=CC4CCCCC4)cc3c3cc(C=CC4CCCCC4)ccc32)cc1. The molecule has 8 saturated carbocycles. The molecule has 8 aliphatic rings. The Labute approximate surface area is 783 Å². The summed E-state index contributed by atoms with van der Waals surface area (Å²) in [4.78, 5) is 0. The number of benzene rings is 10. The van der Waals surface area contributed by atoms with Crippen LogP contribution in [-0.2, 0) is 0 Å². The molecule has 0 atom stereocenters. The summed E-state index contributed by atoms with van der Waals surface area (Å²) in [5.41, 5.74) is 24.3. The zero-order chi connectivity index (χ0) is 88.2. The maximum atomic E-state index is 14.3. The van der Waals surface area contributed by atoms with Gasteiger partial charge in [0.15, 0.2) is 0 Å². The summed E-state index contributed by atoms with van der Waals surface area (Å²) in [5.74, 6) is 4.37. The van der Waals surface area contributed by atoms with Crippen molar-refractivity contribution in [1.29, 1.82) is 10.5 Å². The van der Waals surface area contributed by atoms with Crippen LogP contribution < -0.4 is 0 Å². The molecule has 0 amide bonds. The zero-order valence-corrected chi connectivity index (χ0v) is 78.0. The highest BCUT2D eigenvalue weighted by molar-refractivity contribution is 6.18. The minimum atomic E-state index is 0.546. The Hall–Kier alpha value is -11.7. The van der Waals surface area contributed by atoms with E-state index in [2.05, 4.69) is 297 Å². The molecule has 666 valence electrons. The monoisotopic (exact) mass is 1730 g/mol. The Morgan fingerprint density at radius 2 is 0.371 bits per heavy atom. The molecular formula is C126H132N6. The number of rotatable bonds is 21. The van der Waals surface area contributed by atoms with Crippen molar-refractivity contribution in [2.45, 2.75) is 257 Å². The number of aromatic nitrogens is 4. The van der Waals surface area contributed by atoms with Gasteiger partial charge in [-0.25, -0.2) is 0 Å². The van der Waals surface area contributed by atoms with E-state index in [1.54, 1.807) is 0 Å². The molecule has 0 spiro atoms. The first-order valence-electron chi connectivity index (χ1n) is 52.3. The van der Waals surface area contributed by atoms with Gasteiger partial charge in [0.2, 0.25) is 0 Å². The molecule has 0 N–H and O–H groups in total. The molecule has 0 aliphatic heterocycles. The predicted octanol–water partition coefficient (Wildman–Crippen LogP) is 36.2. The highest BCUT2D eigenvalue weighted by atomic mass is 15.1. The Kier molecular flexibility index (Phi) is 25.5. The molecule has 22 rings (SSSR count). The first-order valence-corrected chi connectivity index (χ1v) is 52.3.